The first-order chi connectivity index (χ1) is 15.8. The molecule has 7 nitrogen and oxygen atoms in total. The molecule has 0 saturated heterocycles. The highest BCUT2D eigenvalue weighted by Crippen LogP contribution is 2.27. The number of nitrogens with one attached hydrogen (secondary N) is 1. The number of para-hydroxylation sites is 1. The molecule has 0 aliphatic carbocycles. The fourth-order valence-corrected chi connectivity index (χ4v) is 4.79. The molecule has 34 heavy (non-hydrogen) atoms. The third-order valence-corrected chi connectivity index (χ3v) is 7.08. The van der Waals surface area contributed by atoms with E-state index in [2.05, 4.69) is 5.32 Å². The van der Waals surface area contributed by atoms with Gasteiger partial charge in [0.1, 0.15) is 12.6 Å². The van der Waals surface area contributed by atoms with Crippen LogP contribution in [0.5, 0.6) is 0 Å². The van der Waals surface area contributed by atoms with E-state index in [4.69, 9.17) is 0 Å². The lowest BCUT2D eigenvalue weighted by atomic mass is 10.1. The second-order valence-corrected chi connectivity index (χ2v) is 10.9. The largest absolute Gasteiger partial charge is 0.352 e. The molecule has 0 heterocycles. The molecule has 2 unspecified atom stereocenters. The fourth-order valence-electron chi connectivity index (χ4n) is 3.83. The molecule has 2 amide bonds. The Kier molecular flexibility index (Phi) is 9.27. The first-order valence-electron chi connectivity index (χ1n) is 11.5. The van der Waals surface area contributed by atoms with Gasteiger partial charge >= 0.3 is 0 Å². The quantitative estimate of drug-likeness (QED) is 0.554. The molecule has 0 aromatic heterocycles. The number of carbonyl (C=O) groups excluding carboxylic acids is 2. The van der Waals surface area contributed by atoms with Crippen molar-refractivity contribution in [3.05, 3.63) is 64.7 Å². The Labute approximate surface area is 204 Å². The maximum Gasteiger partial charge on any atom is 0.244 e. The van der Waals surface area contributed by atoms with Crippen LogP contribution in [-0.4, -0.2) is 50.0 Å². The van der Waals surface area contributed by atoms with Crippen LogP contribution in [0.1, 0.15) is 49.4 Å². The number of sulfonamides is 1. The van der Waals surface area contributed by atoms with Crippen molar-refractivity contribution in [1.29, 1.82) is 0 Å². The second kappa shape index (κ2) is 11.5. The molecule has 2 atom stereocenters. The summed E-state index contributed by atoms with van der Waals surface area (Å²) in [4.78, 5) is 28.0. The summed E-state index contributed by atoms with van der Waals surface area (Å²) in [6.45, 7) is 11.0. The number of rotatable bonds is 10. The van der Waals surface area contributed by atoms with Crippen LogP contribution in [0.3, 0.4) is 0 Å². The first-order valence-corrected chi connectivity index (χ1v) is 13.4. The number of carbonyl (C=O) groups is 2. The predicted molar refractivity (Wildman–Crippen MR) is 137 cm³/mol. The number of hydrogen-bond acceptors (Lipinski definition) is 4. The standard InChI is InChI=1S/C26H37N3O4S/c1-8-21(5)27-26(31)22(6)28(16-23-14-9-11-18(2)15-23)24(30)17-29(34(7,32)33)25-19(3)12-10-13-20(25)4/h9-15,21-22H,8,16-17H2,1-7H3,(H,27,31). The van der Waals surface area contributed by atoms with Gasteiger partial charge < -0.3 is 10.2 Å². The molecule has 0 aliphatic heterocycles. The van der Waals surface area contributed by atoms with Gasteiger partial charge in [-0.1, -0.05) is 55.0 Å². The average Bonchev–Trinajstić information content (AvgIpc) is 2.75. The van der Waals surface area contributed by atoms with E-state index in [-0.39, 0.29) is 18.5 Å². The summed E-state index contributed by atoms with van der Waals surface area (Å²) < 4.78 is 26.7. The van der Waals surface area contributed by atoms with Crippen molar-refractivity contribution in [2.45, 2.75) is 66.6 Å². The van der Waals surface area contributed by atoms with Gasteiger partial charge in [-0.2, -0.15) is 0 Å². The highest BCUT2D eigenvalue weighted by molar-refractivity contribution is 7.92. The van der Waals surface area contributed by atoms with Crippen molar-refractivity contribution in [1.82, 2.24) is 10.2 Å². The number of anilines is 1. The van der Waals surface area contributed by atoms with Crippen molar-refractivity contribution in [2.75, 3.05) is 17.1 Å². The number of hydrogen-bond donors (Lipinski definition) is 1. The van der Waals surface area contributed by atoms with Gasteiger partial charge in [0.2, 0.25) is 21.8 Å². The Bertz CT molecular complexity index is 1110. The molecule has 2 rings (SSSR count). The van der Waals surface area contributed by atoms with E-state index in [1.807, 2.05) is 77.1 Å². The number of nitrogens with zero attached hydrogens (tertiary/aromatic N) is 2. The number of amides is 2. The Morgan fingerprint density at radius 2 is 1.59 bits per heavy atom. The van der Waals surface area contributed by atoms with Crippen LogP contribution in [0.4, 0.5) is 5.69 Å². The van der Waals surface area contributed by atoms with Gasteiger partial charge in [-0.05, 0) is 57.7 Å². The highest BCUT2D eigenvalue weighted by Gasteiger charge is 2.31. The maximum atomic E-state index is 13.6. The van der Waals surface area contributed by atoms with Crippen LogP contribution in [0, 0.1) is 20.8 Å². The lowest BCUT2D eigenvalue weighted by Crippen LogP contribution is -2.52. The van der Waals surface area contributed by atoms with E-state index in [1.165, 1.54) is 4.90 Å². The molecule has 0 radical (unpaired) electrons. The van der Waals surface area contributed by atoms with E-state index in [0.29, 0.717) is 5.69 Å². The predicted octanol–water partition coefficient (Wildman–Crippen LogP) is 3.71. The van der Waals surface area contributed by atoms with E-state index in [1.54, 1.807) is 6.92 Å². The van der Waals surface area contributed by atoms with Crippen molar-refractivity contribution in [2.24, 2.45) is 0 Å². The molecule has 0 spiro atoms. The van der Waals surface area contributed by atoms with Crippen LogP contribution >= 0.6 is 0 Å². The summed E-state index contributed by atoms with van der Waals surface area (Å²) in [5, 5.41) is 2.93. The molecule has 0 bridgehead atoms. The minimum absolute atomic E-state index is 0.0343. The minimum Gasteiger partial charge on any atom is -0.352 e. The maximum absolute atomic E-state index is 13.6. The van der Waals surface area contributed by atoms with Crippen molar-refractivity contribution in [3.63, 3.8) is 0 Å². The third-order valence-electron chi connectivity index (χ3n) is 5.97. The van der Waals surface area contributed by atoms with Gasteiger partial charge in [0.15, 0.2) is 0 Å². The Balaban J connectivity index is 2.45. The molecular formula is C26H37N3O4S. The SMILES string of the molecule is CCC(C)NC(=O)C(C)N(Cc1cccc(C)c1)C(=O)CN(c1c(C)cccc1C)S(C)(=O)=O. The first kappa shape index (κ1) is 27.4. The lowest BCUT2D eigenvalue weighted by molar-refractivity contribution is -0.139. The molecule has 8 heteroatoms. The third kappa shape index (κ3) is 7.06. The molecule has 0 aliphatic rings. The molecule has 0 saturated carbocycles. The van der Waals surface area contributed by atoms with E-state index in [9.17, 15) is 18.0 Å². The monoisotopic (exact) mass is 487 g/mol. The zero-order valence-corrected chi connectivity index (χ0v) is 22.1. The molecular weight excluding hydrogens is 450 g/mol. The zero-order valence-electron chi connectivity index (χ0n) is 21.3. The fraction of sp³-hybridized carbons (Fsp3) is 0.462. The zero-order chi connectivity index (χ0) is 25.6. The number of benzene rings is 2. The topological polar surface area (TPSA) is 86.8 Å². The van der Waals surface area contributed by atoms with E-state index in [0.717, 1.165) is 39.2 Å². The second-order valence-electron chi connectivity index (χ2n) is 9.01. The van der Waals surface area contributed by atoms with Gasteiger partial charge in [-0.3, -0.25) is 13.9 Å². The molecule has 1 N–H and O–H groups in total. The summed E-state index contributed by atoms with van der Waals surface area (Å²) in [5.74, 6) is -0.713. The Morgan fingerprint density at radius 3 is 2.12 bits per heavy atom. The molecule has 2 aromatic carbocycles. The van der Waals surface area contributed by atoms with Crippen molar-refractivity contribution in [3.8, 4) is 0 Å². The molecule has 186 valence electrons. The van der Waals surface area contributed by atoms with Crippen LogP contribution in [-0.2, 0) is 26.2 Å². The summed E-state index contributed by atoms with van der Waals surface area (Å²) in [5.41, 5.74) is 3.91. The van der Waals surface area contributed by atoms with Crippen LogP contribution in [0.15, 0.2) is 42.5 Å². The van der Waals surface area contributed by atoms with Crippen molar-refractivity contribution >= 4 is 27.5 Å². The van der Waals surface area contributed by atoms with Gasteiger partial charge in [-0.15, -0.1) is 0 Å². The van der Waals surface area contributed by atoms with Gasteiger partial charge in [0.25, 0.3) is 0 Å². The van der Waals surface area contributed by atoms with Crippen LogP contribution < -0.4 is 9.62 Å². The van der Waals surface area contributed by atoms with Gasteiger partial charge in [0, 0.05) is 12.6 Å². The van der Waals surface area contributed by atoms with Gasteiger partial charge in [0.05, 0.1) is 11.9 Å². The van der Waals surface area contributed by atoms with E-state index < -0.39 is 28.5 Å². The summed E-state index contributed by atoms with van der Waals surface area (Å²) in [6.07, 6.45) is 1.86. The molecule has 0 fully saturated rings. The summed E-state index contributed by atoms with van der Waals surface area (Å²) in [7, 11) is -3.75. The lowest BCUT2D eigenvalue weighted by Gasteiger charge is -2.33. The van der Waals surface area contributed by atoms with Crippen LogP contribution in [0.25, 0.3) is 0 Å². The minimum atomic E-state index is -3.75. The highest BCUT2D eigenvalue weighted by atomic mass is 32.2. The number of aryl methyl sites for hydroxylation is 3. The summed E-state index contributed by atoms with van der Waals surface area (Å²) >= 11 is 0. The van der Waals surface area contributed by atoms with Crippen molar-refractivity contribution < 1.29 is 18.0 Å². The molecule has 2 aromatic rings. The van der Waals surface area contributed by atoms with E-state index >= 15 is 0 Å². The Hall–Kier alpha value is -2.87. The van der Waals surface area contributed by atoms with Gasteiger partial charge in [-0.25, -0.2) is 8.42 Å². The smallest absolute Gasteiger partial charge is 0.244 e. The normalized spacial score (nSPS) is 13.1. The van der Waals surface area contributed by atoms with Crippen LogP contribution in [0.2, 0.25) is 0 Å². The average molecular weight is 488 g/mol. The Morgan fingerprint density at radius 1 is 1.00 bits per heavy atom. The summed E-state index contributed by atoms with van der Waals surface area (Å²) in [6, 6.07) is 12.4.